The number of benzene rings is 2. The van der Waals surface area contributed by atoms with Crippen molar-refractivity contribution in [3.8, 4) is 5.75 Å². The molecule has 0 aliphatic carbocycles. The maximum absolute atomic E-state index is 12.3. The van der Waals surface area contributed by atoms with Gasteiger partial charge in [-0.1, -0.05) is 0 Å². The van der Waals surface area contributed by atoms with Crippen LogP contribution in [0.4, 0.5) is 11.4 Å². The zero-order valence-corrected chi connectivity index (χ0v) is 20.0. The van der Waals surface area contributed by atoms with Crippen LogP contribution in [0.3, 0.4) is 0 Å². The Labute approximate surface area is 203 Å². The molecule has 0 atom stereocenters. The number of rotatable bonds is 9. The molecule has 4 rings (SSSR count). The largest absolute Gasteiger partial charge is 0.493 e. The zero-order chi connectivity index (χ0) is 24.9. The number of hydrogen-bond acceptors (Lipinski definition) is 8. The SMILES string of the molecule is CC(=O)c1c(OCCCCN2CCN(c3ccc([N+](=O)[O-])cc3)CC2)ccc2c(C)cc(=O)oc12. The minimum Gasteiger partial charge on any atom is -0.493 e. The first kappa shape index (κ1) is 24.4. The van der Waals surface area contributed by atoms with Gasteiger partial charge in [0.05, 0.1) is 11.5 Å². The fraction of sp³-hybridized carbons (Fsp3) is 0.385. The highest BCUT2D eigenvalue weighted by Crippen LogP contribution is 2.29. The number of carbonyl (C=O) groups excluding carboxylic acids is 1. The Morgan fingerprint density at radius 3 is 2.46 bits per heavy atom. The molecular formula is C26H29N3O6. The number of piperazine rings is 1. The molecule has 0 spiro atoms. The monoisotopic (exact) mass is 479 g/mol. The summed E-state index contributed by atoms with van der Waals surface area (Å²) in [4.78, 5) is 39.2. The number of hydrogen-bond donors (Lipinski definition) is 0. The van der Waals surface area contributed by atoms with E-state index in [1.807, 2.05) is 13.0 Å². The highest BCUT2D eigenvalue weighted by molar-refractivity contribution is 6.07. The second-order valence-electron chi connectivity index (χ2n) is 8.78. The average Bonchev–Trinajstić information content (AvgIpc) is 2.83. The molecule has 2 heterocycles. The molecule has 9 heteroatoms. The number of nitrogens with zero attached hydrogens (tertiary/aromatic N) is 3. The molecule has 0 N–H and O–H groups in total. The van der Waals surface area contributed by atoms with E-state index in [1.165, 1.54) is 13.0 Å². The molecule has 0 bridgehead atoms. The average molecular weight is 480 g/mol. The van der Waals surface area contributed by atoms with E-state index in [0.717, 1.165) is 62.2 Å². The Balaban J connectivity index is 1.25. The third kappa shape index (κ3) is 5.68. The van der Waals surface area contributed by atoms with E-state index in [2.05, 4.69) is 9.80 Å². The molecule has 0 unspecified atom stereocenters. The topological polar surface area (TPSA) is 106 Å². The molecule has 2 aromatic carbocycles. The fourth-order valence-electron chi connectivity index (χ4n) is 4.45. The van der Waals surface area contributed by atoms with Crippen LogP contribution >= 0.6 is 0 Å². The summed E-state index contributed by atoms with van der Waals surface area (Å²) >= 11 is 0. The first-order chi connectivity index (χ1) is 16.8. The van der Waals surface area contributed by atoms with Gasteiger partial charge in [0, 0.05) is 55.5 Å². The zero-order valence-electron chi connectivity index (χ0n) is 20.0. The van der Waals surface area contributed by atoms with Crippen molar-refractivity contribution in [1.29, 1.82) is 0 Å². The van der Waals surface area contributed by atoms with Gasteiger partial charge in [-0.15, -0.1) is 0 Å². The van der Waals surface area contributed by atoms with Crippen molar-refractivity contribution in [2.24, 2.45) is 0 Å². The second-order valence-corrected chi connectivity index (χ2v) is 8.78. The van der Waals surface area contributed by atoms with Gasteiger partial charge in [-0.2, -0.15) is 0 Å². The van der Waals surface area contributed by atoms with Gasteiger partial charge in [0.15, 0.2) is 11.4 Å². The first-order valence-corrected chi connectivity index (χ1v) is 11.8. The van der Waals surface area contributed by atoms with Crippen molar-refractivity contribution in [2.45, 2.75) is 26.7 Å². The third-order valence-electron chi connectivity index (χ3n) is 6.36. The molecule has 3 aromatic rings. The van der Waals surface area contributed by atoms with Gasteiger partial charge in [0.1, 0.15) is 11.3 Å². The van der Waals surface area contributed by atoms with Crippen molar-refractivity contribution in [1.82, 2.24) is 4.90 Å². The summed E-state index contributed by atoms with van der Waals surface area (Å²) in [5.74, 6) is 0.237. The second kappa shape index (κ2) is 10.7. The molecule has 0 saturated carbocycles. The van der Waals surface area contributed by atoms with E-state index in [4.69, 9.17) is 9.15 Å². The Morgan fingerprint density at radius 1 is 1.09 bits per heavy atom. The van der Waals surface area contributed by atoms with Gasteiger partial charge >= 0.3 is 5.63 Å². The number of nitro benzene ring substituents is 1. The van der Waals surface area contributed by atoms with Crippen LogP contribution in [0.2, 0.25) is 0 Å². The molecule has 1 aromatic heterocycles. The van der Waals surface area contributed by atoms with Crippen LogP contribution in [-0.2, 0) is 0 Å². The van der Waals surface area contributed by atoms with Gasteiger partial charge in [0.25, 0.3) is 5.69 Å². The van der Waals surface area contributed by atoms with E-state index in [9.17, 15) is 19.7 Å². The quantitative estimate of drug-likeness (QED) is 0.148. The minimum absolute atomic E-state index is 0.105. The van der Waals surface area contributed by atoms with Crippen LogP contribution in [0.15, 0.2) is 51.7 Å². The van der Waals surface area contributed by atoms with Crippen molar-refractivity contribution >= 4 is 28.1 Å². The molecule has 184 valence electrons. The number of Topliss-reactive ketones (excluding diaryl/α,β-unsaturated/α-hetero) is 1. The van der Waals surface area contributed by atoms with Crippen LogP contribution in [0, 0.1) is 17.0 Å². The fourth-order valence-corrected chi connectivity index (χ4v) is 4.45. The summed E-state index contributed by atoms with van der Waals surface area (Å²) in [6, 6.07) is 11.7. The molecule has 1 saturated heterocycles. The van der Waals surface area contributed by atoms with Crippen LogP contribution in [0.5, 0.6) is 5.75 Å². The maximum Gasteiger partial charge on any atom is 0.336 e. The lowest BCUT2D eigenvalue weighted by Crippen LogP contribution is -2.46. The van der Waals surface area contributed by atoms with Crippen LogP contribution in [0.1, 0.15) is 35.7 Å². The Kier molecular flexibility index (Phi) is 7.45. The predicted octanol–water partition coefficient (Wildman–Crippen LogP) is 4.19. The summed E-state index contributed by atoms with van der Waals surface area (Å²) in [5.41, 5.74) is 1.98. The van der Waals surface area contributed by atoms with Crippen LogP contribution < -0.4 is 15.3 Å². The van der Waals surface area contributed by atoms with Crippen molar-refractivity contribution in [2.75, 3.05) is 44.2 Å². The van der Waals surface area contributed by atoms with Gasteiger partial charge in [0.2, 0.25) is 0 Å². The molecule has 9 nitrogen and oxygen atoms in total. The van der Waals surface area contributed by atoms with E-state index in [0.29, 0.717) is 17.9 Å². The van der Waals surface area contributed by atoms with Crippen molar-refractivity contribution < 1.29 is 18.9 Å². The number of ketones is 1. The van der Waals surface area contributed by atoms with Crippen LogP contribution in [0.25, 0.3) is 11.0 Å². The lowest BCUT2D eigenvalue weighted by atomic mass is 10.0. The summed E-state index contributed by atoms with van der Waals surface area (Å²) in [6.07, 6.45) is 1.78. The van der Waals surface area contributed by atoms with Gasteiger partial charge < -0.3 is 14.1 Å². The van der Waals surface area contributed by atoms with Gasteiger partial charge in [-0.05, 0) is 63.1 Å². The minimum atomic E-state index is -0.483. The lowest BCUT2D eigenvalue weighted by Gasteiger charge is -2.36. The highest BCUT2D eigenvalue weighted by atomic mass is 16.6. The summed E-state index contributed by atoms with van der Waals surface area (Å²) in [7, 11) is 0. The summed E-state index contributed by atoms with van der Waals surface area (Å²) < 4.78 is 11.3. The van der Waals surface area contributed by atoms with E-state index in [-0.39, 0.29) is 22.0 Å². The van der Waals surface area contributed by atoms with Gasteiger partial charge in [-0.25, -0.2) is 4.79 Å². The molecule has 0 amide bonds. The van der Waals surface area contributed by atoms with Crippen LogP contribution in [-0.4, -0.2) is 54.9 Å². The van der Waals surface area contributed by atoms with E-state index >= 15 is 0 Å². The molecule has 0 radical (unpaired) electrons. The number of carbonyl (C=O) groups is 1. The lowest BCUT2D eigenvalue weighted by molar-refractivity contribution is -0.384. The number of ether oxygens (including phenoxy) is 1. The summed E-state index contributed by atoms with van der Waals surface area (Å²) in [6.45, 7) is 8.27. The number of fused-ring (bicyclic) bond motifs is 1. The van der Waals surface area contributed by atoms with E-state index < -0.39 is 5.63 Å². The van der Waals surface area contributed by atoms with E-state index in [1.54, 1.807) is 30.3 Å². The molecular weight excluding hydrogens is 450 g/mol. The van der Waals surface area contributed by atoms with Crippen molar-refractivity contribution in [3.63, 3.8) is 0 Å². The number of aryl methyl sites for hydroxylation is 1. The molecule has 1 aliphatic rings. The maximum atomic E-state index is 12.3. The molecule has 1 aliphatic heterocycles. The number of nitro groups is 1. The number of anilines is 1. The predicted molar refractivity (Wildman–Crippen MR) is 134 cm³/mol. The van der Waals surface area contributed by atoms with Gasteiger partial charge in [-0.3, -0.25) is 19.8 Å². The normalized spacial score (nSPS) is 14.3. The number of unbranched alkanes of at least 4 members (excludes halogenated alkanes) is 1. The molecule has 35 heavy (non-hydrogen) atoms. The smallest absolute Gasteiger partial charge is 0.336 e. The Morgan fingerprint density at radius 2 is 1.80 bits per heavy atom. The highest BCUT2D eigenvalue weighted by Gasteiger charge is 2.19. The first-order valence-electron chi connectivity index (χ1n) is 11.8. The standard InChI is InChI=1S/C26H29N3O6/c1-18-17-24(31)35-26-22(18)9-10-23(25(26)19(2)30)34-16-4-3-11-27-12-14-28(15-13-27)20-5-7-21(8-6-20)29(32)33/h5-10,17H,3-4,11-16H2,1-2H3. The summed E-state index contributed by atoms with van der Waals surface area (Å²) in [5, 5.41) is 11.6. The molecule has 1 fully saturated rings. The Bertz CT molecular complexity index is 1280. The number of non-ortho nitro benzene ring substituents is 1. The third-order valence-corrected chi connectivity index (χ3v) is 6.36. The van der Waals surface area contributed by atoms with Crippen molar-refractivity contribution in [3.05, 3.63) is 74.1 Å². The Hall–Kier alpha value is -3.72.